The predicted octanol–water partition coefficient (Wildman–Crippen LogP) is 7.56. The lowest BCUT2D eigenvalue weighted by Gasteiger charge is -2.26. The molecule has 0 amide bonds. The molecule has 0 atom stereocenters. The van der Waals surface area contributed by atoms with Crippen LogP contribution >= 0.6 is 31.9 Å². The minimum atomic E-state index is -1.70. The summed E-state index contributed by atoms with van der Waals surface area (Å²) in [5.41, 5.74) is 0.130. The van der Waals surface area contributed by atoms with E-state index in [-0.39, 0.29) is 17.5 Å². The van der Waals surface area contributed by atoms with Crippen LogP contribution in [0, 0.1) is 0 Å². The fourth-order valence-corrected chi connectivity index (χ4v) is 5.61. The van der Waals surface area contributed by atoms with E-state index < -0.39 is 5.60 Å². The Morgan fingerprint density at radius 1 is 0.667 bits per heavy atom. The predicted molar refractivity (Wildman–Crippen MR) is 147 cm³/mol. The molecule has 7 heteroatoms. The van der Waals surface area contributed by atoms with Crippen LogP contribution < -0.4 is 0 Å². The van der Waals surface area contributed by atoms with Crippen LogP contribution in [-0.4, -0.2) is 20.4 Å². The van der Waals surface area contributed by atoms with Gasteiger partial charge in [-0.2, -0.15) is 4.98 Å². The van der Waals surface area contributed by atoms with Gasteiger partial charge >= 0.3 is 0 Å². The first-order valence-corrected chi connectivity index (χ1v) is 12.8. The highest BCUT2D eigenvalue weighted by Crippen LogP contribution is 2.40. The molecule has 0 saturated heterocycles. The summed E-state index contributed by atoms with van der Waals surface area (Å²) in [5.74, 6) is 0.404. The molecule has 2 N–H and O–H groups in total. The molecule has 6 rings (SSSR count). The average Bonchev–Trinajstić information content (AvgIpc) is 3.41. The van der Waals surface area contributed by atoms with E-state index in [2.05, 4.69) is 42.0 Å². The lowest BCUT2D eigenvalue weighted by Crippen LogP contribution is -2.29. The molecular formula is C29H18Br2N2O3. The number of phenolic OH excluding ortho intramolecular Hbond substituents is 1. The molecule has 0 saturated carbocycles. The fraction of sp³-hybridized carbons (Fsp3) is 0.0345. The van der Waals surface area contributed by atoms with Crippen molar-refractivity contribution in [3.05, 3.63) is 123 Å². The quantitative estimate of drug-likeness (QED) is 0.218. The van der Waals surface area contributed by atoms with Gasteiger partial charge in [-0.3, -0.25) is 0 Å². The Hall–Kier alpha value is -3.52. The van der Waals surface area contributed by atoms with Crippen LogP contribution in [-0.2, 0) is 5.60 Å². The summed E-state index contributed by atoms with van der Waals surface area (Å²) in [7, 11) is 0. The number of aromatic nitrogens is 2. The third-order valence-electron chi connectivity index (χ3n) is 6.35. The number of halogens is 2. The van der Waals surface area contributed by atoms with Crippen molar-refractivity contribution in [1.29, 1.82) is 0 Å². The normalized spacial score (nSPS) is 11.9. The van der Waals surface area contributed by atoms with Crippen LogP contribution in [0.2, 0.25) is 0 Å². The highest BCUT2D eigenvalue weighted by molar-refractivity contribution is 9.11. The van der Waals surface area contributed by atoms with E-state index in [0.29, 0.717) is 25.6 Å². The third kappa shape index (κ3) is 3.80. The third-order valence-corrected chi connectivity index (χ3v) is 7.55. The van der Waals surface area contributed by atoms with Crippen LogP contribution in [0.25, 0.3) is 32.9 Å². The topological polar surface area (TPSA) is 79.4 Å². The summed E-state index contributed by atoms with van der Waals surface area (Å²) in [6.45, 7) is 0. The summed E-state index contributed by atoms with van der Waals surface area (Å²) in [5, 5.41) is 30.8. The Morgan fingerprint density at radius 3 is 1.69 bits per heavy atom. The second kappa shape index (κ2) is 8.85. The Morgan fingerprint density at radius 2 is 1.17 bits per heavy atom. The first-order chi connectivity index (χ1) is 17.4. The maximum Gasteiger partial charge on any atom is 0.268 e. The van der Waals surface area contributed by atoms with Gasteiger partial charge in [-0.15, -0.1) is 0 Å². The Kier molecular flexibility index (Phi) is 5.63. The van der Waals surface area contributed by atoms with Crippen molar-refractivity contribution >= 4 is 53.4 Å². The molecule has 0 radical (unpaired) electrons. The summed E-state index contributed by atoms with van der Waals surface area (Å²) in [6, 6.07) is 31.0. The van der Waals surface area contributed by atoms with Crippen molar-refractivity contribution in [2.75, 3.05) is 0 Å². The van der Waals surface area contributed by atoms with Crippen molar-refractivity contribution in [1.82, 2.24) is 10.1 Å². The molecule has 5 aromatic carbocycles. The van der Waals surface area contributed by atoms with Crippen LogP contribution in [0.15, 0.2) is 111 Å². The highest BCUT2D eigenvalue weighted by Gasteiger charge is 2.40. The zero-order chi connectivity index (χ0) is 24.9. The minimum absolute atomic E-state index is 0.0448. The monoisotopic (exact) mass is 600 g/mol. The molecular weight excluding hydrogens is 584 g/mol. The van der Waals surface area contributed by atoms with Gasteiger partial charge < -0.3 is 14.7 Å². The molecule has 1 aromatic heterocycles. The SMILES string of the molecule is Oc1c(Br)cc(-c2noc(C(O)(c3ccc4ccccc4c3)c3ccc4ccccc4c3)n2)cc1Br. The van der Waals surface area contributed by atoms with Crippen molar-refractivity contribution in [2.45, 2.75) is 5.60 Å². The number of nitrogens with zero attached hydrogens (tertiary/aromatic N) is 2. The van der Waals surface area contributed by atoms with Gasteiger partial charge in [0.25, 0.3) is 5.89 Å². The number of phenols is 1. The van der Waals surface area contributed by atoms with E-state index in [9.17, 15) is 10.2 Å². The van der Waals surface area contributed by atoms with Crippen LogP contribution in [0.5, 0.6) is 5.75 Å². The summed E-state index contributed by atoms with van der Waals surface area (Å²) < 4.78 is 6.69. The van der Waals surface area contributed by atoms with Gasteiger partial charge in [0.15, 0.2) is 5.60 Å². The number of hydrogen-bond acceptors (Lipinski definition) is 5. The molecule has 0 fully saturated rings. The molecule has 0 bridgehead atoms. The van der Waals surface area contributed by atoms with E-state index in [1.54, 1.807) is 12.1 Å². The van der Waals surface area contributed by atoms with Crippen molar-refractivity contribution in [3.63, 3.8) is 0 Å². The molecule has 0 aliphatic carbocycles. The van der Waals surface area contributed by atoms with E-state index in [4.69, 9.17) is 4.52 Å². The Balaban J connectivity index is 1.56. The van der Waals surface area contributed by atoms with Crippen LogP contribution in [0.3, 0.4) is 0 Å². The van der Waals surface area contributed by atoms with Crippen LogP contribution in [0.1, 0.15) is 17.0 Å². The van der Waals surface area contributed by atoms with Gasteiger partial charge in [-0.1, -0.05) is 78.0 Å². The van der Waals surface area contributed by atoms with Gasteiger partial charge in [-0.25, -0.2) is 0 Å². The summed E-state index contributed by atoms with van der Waals surface area (Å²) >= 11 is 6.69. The summed E-state index contributed by atoms with van der Waals surface area (Å²) in [6.07, 6.45) is 0. The molecule has 0 unspecified atom stereocenters. The van der Waals surface area contributed by atoms with Gasteiger partial charge in [-0.05, 0) is 88.8 Å². The van der Waals surface area contributed by atoms with E-state index in [1.807, 2.05) is 84.9 Å². The molecule has 36 heavy (non-hydrogen) atoms. The lowest BCUT2D eigenvalue weighted by atomic mass is 9.84. The van der Waals surface area contributed by atoms with Crippen molar-refractivity contribution in [2.24, 2.45) is 0 Å². The number of aliphatic hydroxyl groups is 1. The van der Waals surface area contributed by atoms with E-state index >= 15 is 0 Å². The Bertz CT molecular complexity index is 1660. The molecule has 1 heterocycles. The largest absolute Gasteiger partial charge is 0.506 e. The molecule has 176 valence electrons. The smallest absolute Gasteiger partial charge is 0.268 e. The van der Waals surface area contributed by atoms with Gasteiger partial charge in [0.2, 0.25) is 5.82 Å². The summed E-state index contributed by atoms with van der Waals surface area (Å²) in [4.78, 5) is 4.63. The van der Waals surface area contributed by atoms with Crippen molar-refractivity contribution in [3.8, 4) is 17.1 Å². The molecule has 6 aromatic rings. The molecule has 0 aliphatic heterocycles. The zero-order valence-electron chi connectivity index (χ0n) is 18.7. The number of aromatic hydroxyl groups is 1. The fourth-order valence-electron chi connectivity index (χ4n) is 4.42. The number of fused-ring (bicyclic) bond motifs is 2. The maximum atomic E-state index is 12.4. The lowest BCUT2D eigenvalue weighted by molar-refractivity contribution is 0.0853. The van der Waals surface area contributed by atoms with Crippen LogP contribution in [0.4, 0.5) is 0 Å². The molecule has 5 nitrogen and oxygen atoms in total. The highest BCUT2D eigenvalue weighted by atomic mass is 79.9. The van der Waals surface area contributed by atoms with Gasteiger partial charge in [0.1, 0.15) is 5.75 Å². The standard InChI is InChI=1S/C29H18Br2N2O3/c30-24-15-21(16-25(31)26(24)34)27-32-28(36-33-27)29(35,22-11-9-17-5-1-3-7-19(17)13-22)23-12-10-18-6-2-4-8-20(18)14-23/h1-16,34-35H. The molecule has 0 spiro atoms. The van der Waals surface area contributed by atoms with Gasteiger partial charge in [0.05, 0.1) is 8.95 Å². The van der Waals surface area contributed by atoms with Gasteiger partial charge in [0, 0.05) is 5.56 Å². The first kappa shape index (κ1) is 22.9. The maximum absolute atomic E-state index is 12.4. The number of hydrogen-bond donors (Lipinski definition) is 2. The molecule has 0 aliphatic rings. The Labute approximate surface area is 223 Å². The van der Waals surface area contributed by atoms with E-state index in [1.165, 1.54) is 0 Å². The zero-order valence-corrected chi connectivity index (χ0v) is 21.9. The second-order valence-corrected chi connectivity index (χ2v) is 10.3. The number of benzene rings is 5. The second-order valence-electron chi connectivity index (χ2n) is 8.55. The minimum Gasteiger partial charge on any atom is -0.506 e. The average molecular weight is 602 g/mol. The number of rotatable bonds is 4. The van der Waals surface area contributed by atoms with E-state index in [0.717, 1.165) is 21.5 Å². The first-order valence-electron chi connectivity index (χ1n) is 11.2. The van der Waals surface area contributed by atoms with Crippen molar-refractivity contribution < 1.29 is 14.7 Å².